The first-order chi connectivity index (χ1) is 15.9. The molecular formula is C20H17N5O7S2. The highest BCUT2D eigenvalue weighted by Gasteiger charge is 2.20. The number of sulfonamides is 1. The molecule has 34 heavy (non-hydrogen) atoms. The lowest BCUT2D eigenvalue weighted by Gasteiger charge is -2.08. The third kappa shape index (κ3) is 4.22. The predicted octanol–water partition coefficient (Wildman–Crippen LogP) is 2.64. The van der Waals surface area contributed by atoms with Crippen LogP contribution < -0.4 is 10.7 Å². The Morgan fingerprint density at radius 2 is 1.53 bits per heavy atom. The molecule has 0 aliphatic rings. The molecule has 4 aromatic rings. The summed E-state index contributed by atoms with van der Waals surface area (Å²) in [7, 11) is -8.52. The van der Waals surface area contributed by atoms with E-state index < -0.39 is 36.3 Å². The molecule has 4 rings (SSSR count). The van der Waals surface area contributed by atoms with Gasteiger partial charge in [0, 0.05) is 16.8 Å². The summed E-state index contributed by atoms with van der Waals surface area (Å²) >= 11 is 0. The molecule has 0 fully saturated rings. The molecule has 0 spiro atoms. The molecule has 14 heteroatoms. The van der Waals surface area contributed by atoms with E-state index in [1.807, 2.05) is 0 Å². The second-order valence-corrected chi connectivity index (χ2v) is 10.2. The summed E-state index contributed by atoms with van der Waals surface area (Å²) in [6, 6.07) is 12.1. The van der Waals surface area contributed by atoms with Crippen molar-refractivity contribution in [1.29, 1.82) is 0 Å². The number of nitrogens with zero attached hydrogens (tertiary/aromatic N) is 3. The fourth-order valence-corrected chi connectivity index (χ4v) is 4.59. The zero-order chi connectivity index (χ0) is 24.8. The average Bonchev–Trinajstić information content (AvgIpc) is 3.05. The van der Waals surface area contributed by atoms with Gasteiger partial charge in [0.1, 0.15) is 16.3 Å². The topological polar surface area (TPSA) is 197 Å². The standard InChI is InChI=1S/C20H17N5O7S2/c1-11-18(20(27)25(24-11)12-6-8-13(9-7-12)33(21,28)29)22-23-19-15-5-3-2-4-14(15)17(10-16(19)26)34(30,31)32/h2-10,24,26H,1H3,(H2,21,28,29)(H,30,31,32). The summed E-state index contributed by atoms with van der Waals surface area (Å²) in [4.78, 5) is 12.3. The fourth-order valence-electron chi connectivity index (χ4n) is 3.35. The van der Waals surface area contributed by atoms with E-state index in [2.05, 4.69) is 15.3 Å². The van der Waals surface area contributed by atoms with E-state index in [-0.39, 0.29) is 27.0 Å². The number of H-pyrrole nitrogens is 1. The van der Waals surface area contributed by atoms with Crippen molar-refractivity contribution in [2.75, 3.05) is 0 Å². The highest BCUT2D eigenvalue weighted by Crippen LogP contribution is 2.39. The molecule has 0 atom stereocenters. The van der Waals surface area contributed by atoms with Crippen molar-refractivity contribution >= 4 is 42.3 Å². The van der Waals surface area contributed by atoms with Crippen LogP contribution in [0.5, 0.6) is 5.75 Å². The number of aromatic nitrogens is 2. The number of azo groups is 1. The molecule has 12 nitrogen and oxygen atoms in total. The van der Waals surface area contributed by atoms with Crippen molar-refractivity contribution in [3.05, 3.63) is 70.6 Å². The number of rotatable bonds is 5. The van der Waals surface area contributed by atoms with Gasteiger partial charge >= 0.3 is 0 Å². The van der Waals surface area contributed by atoms with Crippen LogP contribution in [0.3, 0.4) is 0 Å². The quantitative estimate of drug-likeness (QED) is 0.237. The monoisotopic (exact) mass is 503 g/mol. The number of nitrogens with two attached hydrogens (primary N) is 1. The van der Waals surface area contributed by atoms with Crippen molar-refractivity contribution < 1.29 is 26.5 Å². The van der Waals surface area contributed by atoms with E-state index >= 15 is 0 Å². The second kappa shape index (κ2) is 8.18. The lowest BCUT2D eigenvalue weighted by molar-refractivity contribution is 0.468. The number of nitrogens with one attached hydrogen (secondary N) is 1. The number of hydrogen-bond donors (Lipinski definition) is 4. The number of aromatic amines is 1. The van der Waals surface area contributed by atoms with Crippen LogP contribution in [0.15, 0.2) is 79.4 Å². The van der Waals surface area contributed by atoms with Crippen LogP contribution in [0, 0.1) is 6.92 Å². The first kappa shape index (κ1) is 23.3. The molecule has 0 aliphatic carbocycles. The Hall–Kier alpha value is -3.85. The highest BCUT2D eigenvalue weighted by molar-refractivity contribution is 7.89. The van der Waals surface area contributed by atoms with Gasteiger partial charge in [-0.25, -0.2) is 18.2 Å². The Balaban J connectivity index is 1.80. The molecule has 0 amide bonds. The third-order valence-electron chi connectivity index (χ3n) is 4.95. The molecule has 0 bridgehead atoms. The number of aromatic hydroxyl groups is 1. The number of benzene rings is 3. The van der Waals surface area contributed by atoms with E-state index in [0.717, 1.165) is 10.7 Å². The normalized spacial score (nSPS) is 12.6. The Bertz CT molecular complexity index is 1740. The molecule has 0 radical (unpaired) electrons. The lowest BCUT2D eigenvalue weighted by atomic mass is 10.1. The molecule has 176 valence electrons. The fraction of sp³-hybridized carbons (Fsp3) is 0.0500. The maximum Gasteiger partial charge on any atom is 0.299 e. The molecule has 0 saturated heterocycles. The second-order valence-electron chi connectivity index (χ2n) is 7.23. The number of fused-ring (bicyclic) bond motifs is 1. The van der Waals surface area contributed by atoms with Crippen LogP contribution in [0.1, 0.15) is 5.69 Å². The van der Waals surface area contributed by atoms with E-state index in [4.69, 9.17) is 5.14 Å². The van der Waals surface area contributed by atoms with Gasteiger partial charge in [-0.15, -0.1) is 10.2 Å². The van der Waals surface area contributed by atoms with Crippen LogP contribution in [0.25, 0.3) is 16.5 Å². The third-order valence-corrected chi connectivity index (χ3v) is 6.77. The van der Waals surface area contributed by atoms with Gasteiger partial charge in [-0.3, -0.25) is 14.4 Å². The van der Waals surface area contributed by atoms with E-state index in [0.29, 0.717) is 11.4 Å². The summed E-state index contributed by atoms with van der Waals surface area (Å²) < 4.78 is 56.8. The molecule has 3 aromatic carbocycles. The summed E-state index contributed by atoms with van der Waals surface area (Å²) in [5.74, 6) is -0.567. The van der Waals surface area contributed by atoms with Gasteiger partial charge in [0.15, 0.2) is 5.69 Å². The lowest BCUT2D eigenvalue weighted by Crippen LogP contribution is -2.15. The van der Waals surface area contributed by atoms with Gasteiger partial charge in [0.05, 0.1) is 16.3 Å². The van der Waals surface area contributed by atoms with Crippen LogP contribution in [0.2, 0.25) is 0 Å². The SMILES string of the molecule is Cc1[nH]n(-c2ccc(S(N)(=O)=O)cc2)c(=O)c1N=Nc1c(O)cc(S(=O)(=O)O)c2ccccc12. The van der Waals surface area contributed by atoms with Crippen molar-refractivity contribution in [2.45, 2.75) is 16.7 Å². The molecular weight excluding hydrogens is 486 g/mol. The Morgan fingerprint density at radius 3 is 2.12 bits per heavy atom. The summed E-state index contributed by atoms with van der Waals surface area (Å²) in [5.41, 5.74) is -0.178. The predicted molar refractivity (Wildman–Crippen MR) is 122 cm³/mol. The zero-order valence-electron chi connectivity index (χ0n) is 17.4. The van der Waals surface area contributed by atoms with E-state index in [1.54, 1.807) is 19.1 Å². The maximum atomic E-state index is 12.9. The van der Waals surface area contributed by atoms with Gasteiger partial charge in [0.25, 0.3) is 15.7 Å². The van der Waals surface area contributed by atoms with Crippen LogP contribution in [-0.4, -0.2) is 36.3 Å². The van der Waals surface area contributed by atoms with Crippen LogP contribution >= 0.6 is 0 Å². The maximum absolute atomic E-state index is 12.9. The highest BCUT2D eigenvalue weighted by atomic mass is 32.2. The smallest absolute Gasteiger partial charge is 0.299 e. The first-order valence-corrected chi connectivity index (χ1v) is 12.5. The largest absolute Gasteiger partial charge is 0.506 e. The Morgan fingerprint density at radius 1 is 0.941 bits per heavy atom. The molecule has 1 heterocycles. The summed E-state index contributed by atoms with van der Waals surface area (Å²) in [6.45, 7) is 1.56. The van der Waals surface area contributed by atoms with Crippen LogP contribution in [-0.2, 0) is 20.1 Å². The van der Waals surface area contributed by atoms with E-state index in [9.17, 15) is 31.3 Å². The number of primary sulfonamides is 1. The van der Waals surface area contributed by atoms with Crippen molar-refractivity contribution in [3.8, 4) is 11.4 Å². The number of phenolic OH excluding ortho intramolecular Hbond substituents is 1. The Labute approximate surface area is 192 Å². The van der Waals surface area contributed by atoms with Gasteiger partial charge in [-0.05, 0) is 31.2 Å². The first-order valence-electron chi connectivity index (χ1n) is 9.47. The summed E-state index contributed by atoms with van der Waals surface area (Å²) in [5, 5.41) is 26.5. The number of aryl methyl sites for hydroxylation is 1. The molecule has 0 unspecified atom stereocenters. The minimum absolute atomic E-state index is 0.0992. The van der Waals surface area contributed by atoms with Gasteiger partial charge in [-0.2, -0.15) is 8.42 Å². The molecule has 0 saturated carbocycles. The molecule has 0 aliphatic heterocycles. The van der Waals surface area contributed by atoms with Gasteiger partial charge < -0.3 is 5.11 Å². The summed E-state index contributed by atoms with van der Waals surface area (Å²) in [6.07, 6.45) is 0. The molecule has 1 aromatic heterocycles. The number of phenols is 1. The molecule has 5 N–H and O–H groups in total. The minimum Gasteiger partial charge on any atom is -0.506 e. The van der Waals surface area contributed by atoms with Gasteiger partial charge in [0.2, 0.25) is 10.0 Å². The van der Waals surface area contributed by atoms with Gasteiger partial charge in [-0.1, -0.05) is 24.3 Å². The van der Waals surface area contributed by atoms with Crippen molar-refractivity contribution in [2.24, 2.45) is 15.4 Å². The van der Waals surface area contributed by atoms with Crippen LogP contribution in [0.4, 0.5) is 11.4 Å². The Kier molecular flexibility index (Phi) is 5.61. The van der Waals surface area contributed by atoms with Crippen molar-refractivity contribution in [1.82, 2.24) is 9.78 Å². The minimum atomic E-state index is -4.63. The number of hydrogen-bond acceptors (Lipinski definition) is 8. The zero-order valence-corrected chi connectivity index (χ0v) is 19.0. The average molecular weight is 504 g/mol. The van der Waals surface area contributed by atoms with E-state index in [1.165, 1.54) is 36.4 Å². The van der Waals surface area contributed by atoms with Crippen molar-refractivity contribution in [3.63, 3.8) is 0 Å².